The van der Waals surface area contributed by atoms with Crippen molar-refractivity contribution in [2.24, 2.45) is 5.73 Å². The molecule has 2 unspecified atom stereocenters. The van der Waals surface area contributed by atoms with E-state index in [1.54, 1.807) is 0 Å². The molecule has 0 aromatic heterocycles. The molecule has 1 heterocycles. The zero-order valence-corrected chi connectivity index (χ0v) is 7.32. The number of aliphatic hydroxyl groups is 2. The first-order valence-corrected chi connectivity index (χ1v) is 4.51. The van der Waals surface area contributed by atoms with Crippen molar-refractivity contribution in [1.29, 1.82) is 0 Å². The van der Waals surface area contributed by atoms with Crippen LogP contribution in [0.4, 0.5) is 0 Å². The lowest BCUT2D eigenvalue weighted by molar-refractivity contribution is 0.108. The molecule has 4 heteroatoms. The summed E-state index contributed by atoms with van der Waals surface area (Å²) in [5.41, 5.74) is 5.30. The Morgan fingerprint density at radius 2 is 2.33 bits per heavy atom. The molecule has 0 aromatic rings. The second-order valence-corrected chi connectivity index (χ2v) is 3.43. The number of β-amino-alcohol motifs (C(OH)–C–C–N with tert-alkyl or cyclic N) is 2. The van der Waals surface area contributed by atoms with Crippen molar-refractivity contribution in [2.75, 3.05) is 26.2 Å². The third kappa shape index (κ3) is 3.06. The lowest BCUT2D eigenvalue weighted by Crippen LogP contribution is -2.32. The molecular formula is C8H18N2O2. The van der Waals surface area contributed by atoms with Gasteiger partial charge in [-0.15, -0.1) is 0 Å². The van der Waals surface area contributed by atoms with Crippen LogP contribution in [0.5, 0.6) is 0 Å². The summed E-state index contributed by atoms with van der Waals surface area (Å²) in [6, 6.07) is 0. The molecule has 0 saturated carbocycles. The normalized spacial score (nSPS) is 27.8. The summed E-state index contributed by atoms with van der Waals surface area (Å²) in [6.07, 6.45) is 0.942. The summed E-state index contributed by atoms with van der Waals surface area (Å²) in [6.45, 7) is 2.76. The lowest BCUT2D eigenvalue weighted by atomic mass is 10.2. The second-order valence-electron chi connectivity index (χ2n) is 3.43. The maximum Gasteiger partial charge on any atom is 0.0679 e. The van der Waals surface area contributed by atoms with Crippen molar-refractivity contribution in [3.05, 3.63) is 0 Å². The van der Waals surface area contributed by atoms with E-state index < -0.39 is 0 Å². The first-order valence-electron chi connectivity index (χ1n) is 4.51. The van der Waals surface area contributed by atoms with Crippen molar-refractivity contribution in [3.63, 3.8) is 0 Å². The van der Waals surface area contributed by atoms with Crippen molar-refractivity contribution >= 4 is 0 Å². The fourth-order valence-electron chi connectivity index (χ4n) is 1.56. The third-order valence-corrected chi connectivity index (χ3v) is 2.22. The van der Waals surface area contributed by atoms with Crippen molar-refractivity contribution in [3.8, 4) is 0 Å². The van der Waals surface area contributed by atoms with Gasteiger partial charge in [0.05, 0.1) is 12.2 Å². The molecule has 0 aromatic carbocycles. The molecular weight excluding hydrogens is 156 g/mol. The van der Waals surface area contributed by atoms with Crippen LogP contribution in [-0.2, 0) is 0 Å². The first-order chi connectivity index (χ1) is 5.72. The van der Waals surface area contributed by atoms with Gasteiger partial charge >= 0.3 is 0 Å². The largest absolute Gasteiger partial charge is 0.392 e. The summed E-state index contributed by atoms with van der Waals surface area (Å²) < 4.78 is 0. The maximum atomic E-state index is 9.39. The smallest absolute Gasteiger partial charge is 0.0679 e. The van der Waals surface area contributed by atoms with Crippen LogP contribution in [0.1, 0.15) is 12.8 Å². The molecule has 12 heavy (non-hydrogen) atoms. The molecule has 0 bridgehead atoms. The molecule has 4 nitrogen and oxygen atoms in total. The van der Waals surface area contributed by atoms with Crippen molar-refractivity contribution in [1.82, 2.24) is 4.90 Å². The van der Waals surface area contributed by atoms with E-state index in [0.29, 0.717) is 26.1 Å². The fourth-order valence-corrected chi connectivity index (χ4v) is 1.56. The Balaban J connectivity index is 2.14. The minimum atomic E-state index is -0.333. The molecule has 1 saturated heterocycles. The Bertz CT molecular complexity index is 132. The maximum absolute atomic E-state index is 9.39. The van der Waals surface area contributed by atoms with Crippen LogP contribution >= 0.6 is 0 Å². The van der Waals surface area contributed by atoms with E-state index in [-0.39, 0.29) is 12.2 Å². The number of aliphatic hydroxyl groups excluding tert-OH is 2. The van der Waals surface area contributed by atoms with Crippen LogP contribution in [-0.4, -0.2) is 53.5 Å². The topological polar surface area (TPSA) is 69.7 Å². The molecule has 1 rings (SSSR count). The van der Waals surface area contributed by atoms with E-state index in [1.165, 1.54) is 0 Å². The highest BCUT2D eigenvalue weighted by atomic mass is 16.3. The Morgan fingerprint density at radius 3 is 2.83 bits per heavy atom. The van der Waals surface area contributed by atoms with Gasteiger partial charge in [-0.3, -0.25) is 4.90 Å². The number of rotatable bonds is 4. The van der Waals surface area contributed by atoms with E-state index in [2.05, 4.69) is 4.90 Å². The zero-order valence-electron chi connectivity index (χ0n) is 7.32. The van der Waals surface area contributed by atoms with Crippen LogP contribution < -0.4 is 5.73 Å². The van der Waals surface area contributed by atoms with Gasteiger partial charge in [0, 0.05) is 19.6 Å². The molecule has 0 aliphatic carbocycles. The molecule has 1 aliphatic rings. The number of hydrogen-bond donors (Lipinski definition) is 3. The monoisotopic (exact) mass is 174 g/mol. The van der Waals surface area contributed by atoms with Crippen LogP contribution in [0.3, 0.4) is 0 Å². The van der Waals surface area contributed by atoms with E-state index in [1.807, 2.05) is 0 Å². The highest BCUT2D eigenvalue weighted by molar-refractivity contribution is 4.76. The molecule has 0 spiro atoms. The number of nitrogens with zero attached hydrogens (tertiary/aromatic N) is 1. The summed E-state index contributed by atoms with van der Waals surface area (Å²) in [4.78, 5) is 2.07. The quantitative estimate of drug-likeness (QED) is 0.499. The molecule has 1 aliphatic heterocycles. The number of hydrogen-bond acceptors (Lipinski definition) is 4. The second kappa shape index (κ2) is 4.77. The van der Waals surface area contributed by atoms with Gasteiger partial charge in [-0.2, -0.15) is 0 Å². The van der Waals surface area contributed by atoms with E-state index in [9.17, 15) is 10.2 Å². The van der Waals surface area contributed by atoms with E-state index in [4.69, 9.17) is 5.73 Å². The summed E-state index contributed by atoms with van der Waals surface area (Å²) in [5, 5.41) is 18.6. The van der Waals surface area contributed by atoms with Gasteiger partial charge in [0.15, 0.2) is 0 Å². The molecule has 0 radical (unpaired) electrons. The minimum absolute atomic E-state index is 0.199. The van der Waals surface area contributed by atoms with E-state index >= 15 is 0 Å². The lowest BCUT2D eigenvalue weighted by Gasteiger charge is -2.18. The minimum Gasteiger partial charge on any atom is -0.392 e. The molecule has 4 N–H and O–H groups in total. The van der Waals surface area contributed by atoms with E-state index in [0.717, 1.165) is 13.0 Å². The van der Waals surface area contributed by atoms with Crippen molar-refractivity contribution < 1.29 is 10.2 Å². The average Bonchev–Trinajstić information content (AvgIpc) is 2.36. The van der Waals surface area contributed by atoms with Crippen LogP contribution in [0.15, 0.2) is 0 Å². The van der Waals surface area contributed by atoms with Gasteiger partial charge in [0.25, 0.3) is 0 Å². The standard InChI is InChI=1S/C8H18N2O2/c9-3-1-7(11)5-10-4-2-8(12)6-10/h7-8,11-12H,1-6,9H2. The zero-order chi connectivity index (χ0) is 8.97. The summed E-state index contributed by atoms with van der Waals surface area (Å²) >= 11 is 0. The van der Waals surface area contributed by atoms with Gasteiger partial charge in [-0.25, -0.2) is 0 Å². The highest BCUT2D eigenvalue weighted by Gasteiger charge is 2.21. The number of nitrogens with two attached hydrogens (primary N) is 1. The SMILES string of the molecule is NCCC(O)CN1CCC(O)C1. The first kappa shape index (κ1) is 9.92. The fraction of sp³-hybridized carbons (Fsp3) is 1.00. The van der Waals surface area contributed by atoms with Crippen LogP contribution in [0.25, 0.3) is 0 Å². The number of likely N-dealkylation sites (tertiary alicyclic amines) is 1. The van der Waals surface area contributed by atoms with Gasteiger partial charge in [-0.1, -0.05) is 0 Å². The average molecular weight is 174 g/mol. The van der Waals surface area contributed by atoms with Gasteiger partial charge in [-0.05, 0) is 19.4 Å². The van der Waals surface area contributed by atoms with Gasteiger partial charge in [0.1, 0.15) is 0 Å². The highest BCUT2D eigenvalue weighted by Crippen LogP contribution is 2.09. The van der Waals surface area contributed by atoms with Gasteiger partial charge < -0.3 is 15.9 Å². The van der Waals surface area contributed by atoms with Crippen LogP contribution in [0.2, 0.25) is 0 Å². The Morgan fingerprint density at radius 1 is 1.58 bits per heavy atom. The van der Waals surface area contributed by atoms with Crippen molar-refractivity contribution in [2.45, 2.75) is 25.0 Å². The Kier molecular flexibility index (Phi) is 3.94. The molecule has 2 atom stereocenters. The summed E-state index contributed by atoms with van der Waals surface area (Å²) in [7, 11) is 0. The predicted octanol–water partition coefficient (Wildman–Crippen LogP) is -1.24. The molecule has 0 amide bonds. The molecule has 72 valence electrons. The Hall–Kier alpha value is -0.160. The Labute approximate surface area is 73.0 Å². The van der Waals surface area contributed by atoms with Crippen LogP contribution in [0, 0.1) is 0 Å². The van der Waals surface area contributed by atoms with Gasteiger partial charge in [0.2, 0.25) is 0 Å². The predicted molar refractivity (Wildman–Crippen MR) is 46.7 cm³/mol. The summed E-state index contributed by atoms with van der Waals surface area (Å²) in [5.74, 6) is 0. The molecule has 1 fully saturated rings. The third-order valence-electron chi connectivity index (χ3n) is 2.22.